The van der Waals surface area contributed by atoms with Crippen LogP contribution >= 0.6 is 0 Å². The average molecular weight is 661 g/mol. The van der Waals surface area contributed by atoms with Crippen LogP contribution in [0.15, 0.2) is 83.1 Å². The van der Waals surface area contributed by atoms with E-state index in [9.17, 15) is 4.79 Å². The molecule has 0 aromatic carbocycles. The van der Waals surface area contributed by atoms with Crippen LogP contribution in [0, 0.1) is 5.41 Å². The van der Waals surface area contributed by atoms with Crippen LogP contribution in [-0.4, -0.2) is 12.6 Å². The summed E-state index contributed by atoms with van der Waals surface area (Å²) >= 11 is 0. The van der Waals surface area contributed by atoms with Gasteiger partial charge in [0.25, 0.3) is 0 Å². The number of esters is 1. The fraction of sp³-hybridized carbons (Fsp3) is 0.674. The Labute approximate surface area is 299 Å². The lowest BCUT2D eigenvalue weighted by atomic mass is 9.72. The minimum Gasteiger partial charge on any atom is -0.461 e. The fourth-order valence-electron chi connectivity index (χ4n) is 6.53. The van der Waals surface area contributed by atoms with Crippen molar-refractivity contribution in [3.05, 3.63) is 83.1 Å². The second-order valence-electron chi connectivity index (χ2n) is 15.0. The normalized spacial score (nSPS) is 16.0. The minimum atomic E-state index is -0.0741. The second-order valence-corrected chi connectivity index (χ2v) is 15.0. The number of unbranched alkanes of at least 4 members (excludes halogenated alkanes) is 16. The van der Waals surface area contributed by atoms with Gasteiger partial charge in [0.2, 0.25) is 0 Å². The monoisotopic (exact) mass is 661 g/mol. The van der Waals surface area contributed by atoms with E-state index >= 15 is 0 Å². The van der Waals surface area contributed by atoms with Crippen LogP contribution in [0.2, 0.25) is 0 Å². The smallest absolute Gasteiger partial charge is 0.306 e. The molecule has 0 aromatic rings. The summed E-state index contributed by atoms with van der Waals surface area (Å²) in [6, 6.07) is 0. The molecule has 0 unspecified atom stereocenters. The van der Waals surface area contributed by atoms with Crippen molar-refractivity contribution in [2.24, 2.45) is 5.41 Å². The van der Waals surface area contributed by atoms with Crippen LogP contribution in [0.3, 0.4) is 0 Å². The molecule has 1 rings (SSSR count). The molecule has 1 aliphatic rings. The number of allylic oxidation sites excluding steroid dienone is 13. The zero-order valence-electron chi connectivity index (χ0n) is 32.6. The number of carbonyl (C=O) groups excluding carboxylic acids is 1. The van der Waals surface area contributed by atoms with Crippen molar-refractivity contribution < 1.29 is 9.53 Å². The van der Waals surface area contributed by atoms with E-state index in [1.807, 2.05) is 6.08 Å². The van der Waals surface area contributed by atoms with Gasteiger partial charge in [-0.1, -0.05) is 176 Å². The molecule has 0 aliphatic heterocycles. The summed E-state index contributed by atoms with van der Waals surface area (Å²) in [5.41, 5.74) is 5.64. The second kappa shape index (κ2) is 29.6. The maximum absolute atomic E-state index is 12.1. The van der Waals surface area contributed by atoms with E-state index in [0.717, 1.165) is 24.8 Å². The van der Waals surface area contributed by atoms with Crippen molar-refractivity contribution >= 4 is 5.97 Å². The molecule has 0 bridgehead atoms. The Hall–Kier alpha value is -2.35. The molecule has 0 N–H and O–H groups in total. The van der Waals surface area contributed by atoms with Crippen molar-refractivity contribution in [2.45, 2.75) is 189 Å². The van der Waals surface area contributed by atoms with Gasteiger partial charge in [0.1, 0.15) is 6.61 Å². The summed E-state index contributed by atoms with van der Waals surface area (Å²) in [6.07, 6.45) is 51.1. The Balaban J connectivity index is 1.97. The molecule has 0 saturated carbocycles. The van der Waals surface area contributed by atoms with E-state index in [2.05, 4.69) is 96.2 Å². The van der Waals surface area contributed by atoms with E-state index in [1.165, 1.54) is 139 Å². The maximum Gasteiger partial charge on any atom is 0.306 e. The van der Waals surface area contributed by atoms with Crippen LogP contribution in [0.4, 0.5) is 0 Å². The fourth-order valence-corrected chi connectivity index (χ4v) is 6.53. The molecule has 2 heteroatoms. The summed E-state index contributed by atoms with van der Waals surface area (Å²) in [7, 11) is 0. The topological polar surface area (TPSA) is 26.3 Å². The maximum atomic E-state index is 12.1. The summed E-state index contributed by atoms with van der Waals surface area (Å²) < 4.78 is 5.44. The third-order valence-electron chi connectivity index (χ3n) is 9.75. The average Bonchev–Trinajstić information content (AvgIpc) is 3.04. The van der Waals surface area contributed by atoms with Crippen molar-refractivity contribution in [1.29, 1.82) is 0 Å². The summed E-state index contributed by atoms with van der Waals surface area (Å²) in [5, 5.41) is 0. The number of ether oxygens (including phenoxy) is 1. The molecule has 272 valence electrons. The summed E-state index contributed by atoms with van der Waals surface area (Å²) in [6.45, 7) is 13.8. The van der Waals surface area contributed by atoms with Crippen LogP contribution in [0.1, 0.15) is 189 Å². The Morgan fingerprint density at radius 3 is 1.88 bits per heavy atom. The number of rotatable bonds is 28. The first-order valence-electron chi connectivity index (χ1n) is 20.1. The highest BCUT2D eigenvalue weighted by Gasteiger charge is 2.26. The first-order chi connectivity index (χ1) is 23.3. The summed E-state index contributed by atoms with van der Waals surface area (Å²) in [5.74, 6) is -0.0741. The van der Waals surface area contributed by atoms with Gasteiger partial charge in [-0.2, -0.15) is 0 Å². The van der Waals surface area contributed by atoms with Crippen LogP contribution in [-0.2, 0) is 9.53 Å². The van der Waals surface area contributed by atoms with E-state index in [0.29, 0.717) is 13.0 Å². The Kier molecular flexibility index (Phi) is 26.9. The first-order valence-corrected chi connectivity index (χ1v) is 20.1. The molecule has 2 nitrogen and oxygen atoms in total. The van der Waals surface area contributed by atoms with Gasteiger partial charge in [-0.15, -0.1) is 0 Å². The van der Waals surface area contributed by atoms with Crippen LogP contribution < -0.4 is 0 Å². The molecule has 1 aliphatic carbocycles. The predicted octanol–water partition coefficient (Wildman–Crippen LogP) is 15.0. The molecule has 48 heavy (non-hydrogen) atoms. The van der Waals surface area contributed by atoms with Gasteiger partial charge in [-0.3, -0.25) is 4.79 Å². The van der Waals surface area contributed by atoms with E-state index in [-0.39, 0.29) is 11.4 Å². The predicted molar refractivity (Wildman–Crippen MR) is 213 cm³/mol. The molecule has 0 aromatic heterocycles. The number of hydrogen-bond acceptors (Lipinski definition) is 2. The van der Waals surface area contributed by atoms with Gasteiger partial charge < -0.3 is 4.74 Å². The third-order valence-corrected chi connectivity index (χ3v) is 9.75. The molecule has 0 radical (unpaired) electrons. The highest BCUT2D eigenvalue weighted by molar-refractivity contribution is 5.69. The van der Waals surface area contributed by atoms with E-state index in [4.69, 9.17) is 4.74 Å². The Morgan fingerprint density at radius 2 is 1.29 bits per heavy atom. The van der Waals surface area contributed by atoms with Crippen molar-refractivity contribution in [3.8, 4) is 0 Å². The zero-order valence-corrected chi connectivity index (χ0v) is 32.6. The lowest BCUT2D eigenvalue weighted by Gasteiger charge is -2.32. The minimum absolute atomic E-state index is 0.0741. The van der Waals surface area contributed by atoms with Gasteiger partial charge >= 0.3 is 5.97 Å². The van der Waals surface area contributed by atoms with Gasteiger partial charge in [-0.25, -0.2) is 0 Å². The number of carbonyl (C=O) groups is 1. The Bertz CT molecular complexity index is 1040. The Morgan fingerprint density at radius 1 is 0.729 bits per heavy atom. The largest absolute Gasteiger partial charge is 0.461 e. The quantitative estimate of drug-likeness (QED) is 0.0361. The molecule has 0 fully saturated rings. The molecular weight excluding hydrogens is 585 g/mol. The SMILES string of the molecule is CCCCCCC/C=C\C/C=C\CCCCCCCCCCCCCC(=O)OC/C=C(C)/C=C/C=C(C)/C=C/C1=C(C)CCCC1(C)C. The highest BCUT2D eigenvalue weighted by Crippen LogP contribution is 2.40. The zero-order chi connectivity index (χ0) is 35.1. The van der Waals surface area contributed by atoms with Gasteiger partial charge in [0, 0.05) is 6.42 Å². The number of hydrogen-bond donors (Lipinski definition) is 0. The molecule has 0 heterocycles. The van der Waals surface area contributed by atoms with E-state index < -0.39 is 0 Å². The molecule has 0 spiro atoms. The molecular formula is C46H76O2. The van der Waals surface area contributed by atoms with Crippen LogP contribution in [0.25, 0.3) is 0 Å². The molecule has 0 atom stereocenters. The highest BCUT2D eigenvalue weighted by atomic mass is 16.5. The van der Waals surface area contributed by atoms with Crippen molar-refractivity contribution in [2.75, 3.05) is 6.61 Å². The lowest BCUT2D eigenvalue weighted by Crippen LogP contribution is -2.19. The standard InChI is InChI=1S/C46H76O2/c1-7-8-9-10-11-12-13-14-15-16-17-18-19-20-21-22-23-24-25-26-27-28-29-35-45(47)48-40-38-42(3)33-30-32-41(2)36-37-44-43(4)34-31-39-46(44,5)6/h13-14,16-17,30,32-33,36-38H,7-12,15,18-29,31,34-35,39-40H2,1-6H3/b14-13-,17-16-,33-30+,37-36+,41-32+,42-38+. The van der Waals surface area contributed by atoms with Crippen LogP contribution in [0.5, 0.6) is 0 Å². The third kappa shape index (κ3) is 24.7. The molecule has 0 amide bonds. The van der Waals surface area contributed by atoms with Gasteiger partial charge in [0.05, 0.1) is 0 Å². The van der Waals surface area contributed by atoms with Gasteiger partial charge in [0.15, 0.2) is 0 Å². The van der Waals surface area contributed by atoms with Gasteiger partial charge in [-0.05, 0) is 95.6 Å². The summed E-state index contributed by atoms with van der Waals surface area (Å²) in [4.78, 5) is 12.1. The van der Waals surface area contributed by atoms with E-state index in [1.54, 1.807) is 0 Å². The van der Waals surface area contributed by atoms with Crippen molar-refractivity contribution in [3.63, 3.8) is 0 Å². The van der Waals surface area contributed by atoms with Crippen molar-refractivity contribution in [1.82, 2.24) is 0 Å². The first kappa shape index (κ1) is 43.7. The lowest BCUT2D eigenvalue weighted by molar-refractivity contribution is -0.142. The molecule has 0 saturated heterocycles.